The zero-order valence-electron chi connectivity index (χ0n) is 11.5. The molecule has 1 aliphatic heterocycles. The minimum Gasteiger partial charge on any atom is -0.444 e. The van der Waals surface area contributed by atoms with Crippen molar-refractivity contribution < 1.29 is 9.53 Å². The topological polar surface area (TPSA) is 76.1 Å². The molecule has 1 aliphatic carbocycles. The van der Waals surface area contributed by atoms with Gasteiger partial charge < -0.3 is 10.5 Å². The van der Waals surface area contributed by atoms with Gasteiger partial charge in [-0.3, -0.25) is 4.79 Å². The van der Waals surface area contributed by atoms with Crippen molar-refractivity contribution in [2.24, 2.45) is 5.73 Å². The van der Waals surface area contributed by atoms with Gasteiger partial charge in [0.25, 0.3) is 0 Å². The number of nitrogens with two attached hydrogens (primary N) is 1. The first-order valence-corrected chi connectivity index (χ1v) is 7.57. The van der Waals surface area contributed by atoms with Crippen molar-refractivity contribution >= 4 is 29.0 Å². The Morgan fingerprint density at radius 1 is 1.27 bits per heavy atom. The van der Waals surface area contributed by atoms with E-state index in [1.807, 2.05) is 0 Å². The number of nitriles is 1. The molecule has 1 aromatic rings. The van der Waals surface area contributed by atoms with Gasteiger partial charge in [-0.25, -0.2) is 0 Å². The van der Waals surface area contributed by atoms with Gasteiger partial charge in [0.2, 0.25) is 5.88 Å². The Morgan fingerprint density at radius 3 is 2.73 bits per heavy atom. The summed E-state index contributed by atoms with van der Waals surface area (Å²) in [6, 6.07) is 7.12. The molecule has 2 N–H and O–H groups in total. The maximum atomic E-state index is 12.4. The molecule has 2 aliphatic rings. The molecule has 6 heteroatoms. The first-order chi connectivity index (χ1) is 10.5. The summed E-state index contributed by atoms with van der Waals surface area (Å²) in [5, 5.41) is 10.2. The van der Waals surface area contributed by atoms with E-state index < -0.39 is 5.92 Å². The van der Waals surface area contributed by atoms with Crippen LogP contribution in [0.3, 0.4) is 0 Å². The number of carbonyl (C=O) groups excluding carboxylic acids is 1. The largest absolute Gasteiger partial charge is 0.444 e. The minimum absolute atomic E-state index is 0.0161. The van der Waals surface area contributed by atoms with Gasteiger partial charge >= 0.3 is 0 Å². The third-order valence-electron chi connectivity index (χ3n) is 3.88. The highest BCUT2D eigenvalue weighted by atomic mass is 35.5. The Balaban J connectivity index is 2.20. The third-order valence-corrected chi connectivity index (χ3v) is 4.62. The van der Waals surface area contributed by atoms with Crippen molar-refractivity contribution in [2.45, 2.75) is 25.2 Å². The lowest BCUT2D eigenvalue weighted by Gasteiger charge is -2.31. The summed E-state index contributed by atoms with van der Waals surface area (Å²) in [6.07, 6.45) is 1.80. The van der Waals surface area contributed by atoms with Gasteiger partial charge in [0.05, 0.1) is 16.0 Å². The summed E-state index contributed by atoms with van der Waals surface area (Å²) < 4.78 is 5.50. The third kappa shape index (κ3) is 2.37. The molecule has 0 aromatic heterocycles. The number of Topliss-reactive ketones (excluding diaryl/α,β-unsaturated/α-hetero) is 1. The van der Waals surface area contributed by atoms with Crippen molar-refractivity contribution in [1.29, 1.82) is 5.26 Å². The highest BCUT2D eigenvalue weighted by Crippen LogP contribution is 2.44. The standard InChI is InChI=1S/C16H12Cl2N2O2/c17-10-5-4-8(6-11(10)18)14-9(7-19)16(20)22-13-3-1-2-12(21)15(13)14/h4-6,14H,1-3,20H2/t14-/m0/s1. The van der Waals surface area contributed by atoms with E-state index in [1.165, 1.54) is 0 Å². The summed E-state index contributed by atoms with van der Waals surface area (Å²) >= 11 is 12.0. The molecule has 1 heterocycles. The van der Waals surface area contributed by atoms with Crippen molar-refractivity contribution in [1.82, 2.24) is 0 Å². The quantitative estimate of drug-likeness (QED) is 0.847. The molecule has 0 unspecified atom stereocenters. The second kappa shape index (κ2) is 5.68. The fraction of sp³-hybridized carbons (Fsp3) is 0.250. The Morgan fingerprint density at radius 2 is 2.05 bits per heavy atom. The van der Waals surface area contributed by atoms with Crippen LogP contribution in [0.4, 0.5) is 0 Å². The normalized spacial score (nSPS) is 21.3. The second-order valence-corrected chi connectivity index (χ2v) is 6.03. The zero-order chi connectivity index (χ0) is 15.9. The van der Waals surface area contributed by atoms with Crippen LogP contribution in [0, 0.1) is 11.3 Å². The lowest BCUT2D eigenvalue weighted by Crippen LogP contribution is -2.27. The van der Waals surface area contributed by atoms with Crippen molar-refractivity contribution in [3.05, 3.63) is 56.6 Å². The van der Waals surface area contributed by atoms with E-state index in [2.05, 4.69) is 6.07 Å². The van der Waals surface area contributed by atoms with Crippen LogP contribution in [0.15, 0.2) is 41.0 Å². The van der Waals surface area contributed by atoms with Gasteiger partial charge in [0.15, 0.2) is 5.78 Å². The number of hydrogen-bond acceptors (Lipinski definition) is 4. The molecule has 3 rings (SSSR count). The number of carbonyl (C=O) groups is 1. The number of benzene rings is 1. The molecule has 0 amide bonds. The summed E-state index contributed by atoms with van der Waals surface area (Å²) in [4.78, 5) is 12.4. The van der Waals surface area contributed by atoms with Crippen molar-refractivity contribution in [3.8, 4) is 6.07 Å². The number of nitrogens with zero attached hydrogens (tertiary/aromatic N) is 1. The molecule has 1 aromatic carbocycles. The van der Waals surface area contributed by atoms with Gasteiger partial charge in [-0.2, -0.15) is 5.26 Å². The molecule has 1 atom stereocenters. The Bertz CT molecular complexity index is 775. The smallest absolute Gasteiger partial charge is 0.205 e. The first-order valence-electron chi connectivity index (χ1n) is 6.81. The van der Waals surface area contributed by atoms with Crippen molar-refractivity contribution in [3.63, 3.8) is 0 Å². The number of rotatable bonds is 1. The molecule has 112 valence electrons. The van der Waals surface area contributed by atoms with Crippen LogP contribution < -0.4 is 5.73 Å². The van der Waals surface area contributed by atoms with Gasteiger partial charge in [-0.1, -0.05) is 29.3 Å². The van der Waals surface area contributed by atoms with Crippen LogP contribution in [0.5, 0.6) is 0 Å². The predicted molar refractivity (Wildman–Crippen MR) is 83.0 cm³/mol. The minimum atomic E-state index is -0.545. The number of hydrogen-bond donors (Lipinski definition) is 1. The summed E-state index contributed by atoms with van der Waals surface area (Å²) in [5.41, 5.74) is 7.31. The molecule has 0 saturated carbocycles. The summed E-state index contributed by atoms with van der Waals surface area (Å²) in [5.74, 6) is 0.0461. The van der Waals surface area contributed by atoms with E-state index >= 15 is 0 Å². The van der Waals surface area contributed by atoms with Crippen LogP contribution in [0.2, 0.25) is 10.0 Å². The average Bonchev–Trinajstić information content (AvgIpc) is 2.49. The second-order valence-electron chi connectivity index (χ2n) is 5.21. The Hall–Kier alpha value is -1.96. The number of ether oxygens (including phenoxy) is 1. The van der Waals surface area contributed by atoms with Gasteiger partial charge in [-0.05, 0) is 24.1 Å². The lowest BCUT2D eigenvalue weighted by atomic mass is 9.77. The fourth-order valence-electron chi connectivity index (χ4n) is 2.88. The zero-order valence-corrected chi connectivity index (χ0v) is 13.0. The van der Waals surface area contributed by atoms with Gasteiger partial charge in [0, 0.05) is 18.4 Å². The number of ketones is 1. The molecule has 22 heavy (non-hydrogen) atoms. The molecular weight excluding hydrogens is 323 g/mol. The highest BCUT2D eigenvalue weighted by molar-refractivity contribution is 6.42. The van der Waals surface area contributed by atoms with E-state index in [-0.39, 0.29) is 17.2 Å². The predicted octanol–water partition coefficient (Wildman–Crippen LogP) is 3.81. The number of allylic oxidation sites excluding steroid dienone is 3. The molecular formula is C16H12Cl2N2O2. The van der Waals surface area contributed by atoms with Gasteiger partial charge in [-0.15, -0.1) is 0 Å². The van der Waals surface area contributed by atoms with E-state index in [0.717, 1.165) is 6.42 Å². The van der Waals surface area contributed by atoms with Crippen molar-refractivity contribution in [2.75, 3.05) is 0 Å². The van der Waals surface area contributed by atoms with Crippen LogP contribution >= 0.6 is 23.2 Å². The van der Waals surface area contributed by atoms with Crippen LogP contribution in [0.1, 0.15) is 30.7 Å². The van der Waals surface area contributed by atoms with E-state index in [0.29, 0.717) is 39.8 Å². The van der Waals surface area contributed by atoms with E-state index in [4.69, 9.17) is 33.7 Å². The molecule has 0 saturated heterocycles. The lowest BCUT2D eigenvalue weighted by molar-refractivity contribution is -0.116. The first kappa shape index (κ1) is 15.0. The molecule has 0 fully saturated rings. The van der Waals surface area contributed by atoms with Crippen LogP contribution in [-0.4, -0.2) is 5.78 Å². The monoisotopic (exact) mass is 334 g/mol. The Kier molecular flexibility index (Phi) is 3.86. The average molecular weight is 335 g/mol. The van der Waals surface area contributed by atoms with Crippen LogP contribution in [0.25, 0.3) is 0 Å². The van der Waals surface area contributed by atoms with E-state index in [1.54, 1.807) is 18.2 Å². The summed E-state index contributed by atoms with van der Waals surface area (Å²) in [7, 11) is 0. The molecule has 4 nitrogen and oxygen atoms in total. The maximum Gasteiger partial charge on any atom is 0.205 e. The SMILES string of the molecule is N#CC1=C(N)OC2=C(C(=O)CCC2)[C@H]1c1ccc(Cl)c(Cl)c1. The maximum absolute atomic E-state index is 12.4. The molecule has 0 radical (unpaired) electrons. The summed E-state index contributed by atoms with van der Waals surface area (Å²) in [6.45, 7) is 0. The highest BCUT2D eigenvalue weighted by Gasteiger charge is 2.38. The Labute approximate surface area is 137 Å². The van der Waals surface area contributed by atoms with E-state index in [9.17, 15) is 10.1 Å². The van der Waals surface area contributed by atoms with Gasteiger partial charge in [0.1, 0.15) is 17.4 Å². The molecule has 0 spiro atoms. The fourth-order valence-corrected chi connectivity index (χ4v) is 3.19. The van der Waals surface area contributed by atoms with Crippen LogP contribution in [-0.2, 0) is 9.53 Å². The number of halogens is 2. The molecule has 0 bridgehead atoms.